The largest absolute Gasteiger partial charge is 0.300 e. The van der Waals surface area contributed by atoms with Gasteiger partial charge in [-0.25, -0.2) is 0 Å². The predicted molar refractivity (Wildman–Crippen MR) is 68.7 cm³/mol. The molecule has 15 heavy (non-hydrogen) atoms. The Morgan fingerprint density at radius 2 is 1.87 bits per heavy atom. The van der Waals surface area contributed by atoms with Crippen LogP contribution >= 0.6 is 12.6 Å². The van der Waals surface area contributed by atoms with Crippen molar-refractivity contribution < 1.29 is 0 Å². The van der Waals surface area contributed by atoms with Crippen LogP contribution in [0, 0.1) is 5.41 Å². The number of rotatable bonds is 3. The average molecular weight is 228 g/mol. The van der Waals surface area contributed by atoms with Crippen LogP contribution in [0.4, 0.5) is 0 Å². The topological polar surface area (TPSA) is 6.48 Å². The van der Waals surface area contributed by atoms with Crippen molar-refractivity contribution in [3.05, 3.63) is 0 Å². The first-order valence-corrected chi connectivity index (χ1v) is 6.65. The molecule has 3 heteroatoms. The van der Waals surface area contributed by atoms with Crippen molar-refractivity contribution >= 4 is 12.6 Å². The van der Waals surface area contributed by atoms with Crippen molar-refractivity contribution in [2.45, 2.75) is 32.2 Å². The lowest BCUT2D eigenvalue weighted by Gasteiger charge is -2.46. The van der Waals surface area contributed by atoms with Gasteiger partial charge in [-0.05, 0) is 44.9 Å². The fraction of sp³-hybridized carbons (Fsp3) is 1.00. The molecule has 1 saturated carbocycles. The fourth-order valence-corrected chi connectivity index (χ4v) is 2.91. The van der Waals surface area contributed by atoms with Gasteiger partial charge in [0.1, 0.15) is 0 Å². The second-order valence-electron chi connectivity index (χ2n) is 6.10. The Bertz CT molecular complexity index is 234. The number of likely N-dealkylation sites (N-methyl/N-ethyl adjacent to an activating group) is 1. The zero-order valence-corrected chi connectivity index (χ0v) is 11.2. The summed E-state index contributed by atoms with van der Waals surface area (Å²) < 4.78 is 0. The van der Waals surface area contributed by atoms with E-state index in [4.69, 9.17) is 0 Å². The maximum absolute atomic E-state index is 4.49. The van der Waals surface area contributed by atoms with E-state index in [-0.39, 0.29) is 0 Å². The third-order valence-electron chi connectivity index (χ3n) is 4.25. The molecule has 1 heterocycles. The summed E-state index contributed by atoms with van der Waals surface area (Å²) in [7, 11) is 2.24. The molecule has 0 spiro atoms. The first-order chi connectivity index (χ1) is 6.97. The minimum atomic E-state index is 0.338. The predicted octanol–water partition coefficient (Wildman–Crippen LogP) is 1.72. The van der Waals surface area contributed by atoms with Crippen molar-refractivity contribution in [3.63, 3.8) is 0 Å². The molecule has 0 aromatic rings. The van der Waals surface area contributed by atoms with Crippen LogP contribution in [-0.4, -0.2) is 54.3 Å². The van der Waals surface area contributed by atoms with Gasteiger partial charge in [0.25, 0.3) is 0 Å². The maximum atomic E-state index is 4.49. The van der Waals surface area contributed by atoms with Gasteiger partial charge in [0.2, 0.25) is 0 Å². The number of thiol groups is 1. The van der Waals surface area contributed by atoms with E-state index in [2.05, 4.69) is 43.3 Å². The van der Waals surface area contributed by atoms with Crippen LogP contribution in [-0.2, 0) is 0 Å². The summed E-state index contributed by atoms with van der Waals surface area (Å²) >= 11 is 4.49. The lowest BCUT2D eigenvalue weighted by molar-refractivity contribution is 0.0315. The van der Waals surface area contributed by atoms with Crippen molar-refractivity contribution in [2.24, 2.45) is 5.41 Å². The molecular formula is C12H24N2S. The summed E-state index contributed by atoms with van der Waals surface area (Å²) in [5.74, 6) is 1.07. The van der Waals surface area contributed by atoms with Gasteiger partial charge in [0.05, 0.1) is 0 Å². The standard InChI is InChI=1S/C12H24N2S/c1-11(2)8-14(7-6-13(11)3)9-12(10-15)4-5-12/h15H,4-10H2,1-3H3. The number of piperazine rings is 1. The Labute approximate surface area is 99.4 Å². The molecule has 0 unspecified atom stereocenters. The molecule has 2 rings (SSSR count). The van der Waals surface area contributed by atoms with Gasteiger partial charge in [0.15, 0.2) is 0 Å². The van der Waals surface area contributed by atoms with Crippen molar-refractivity contribution in [3.8, 4) is 0 Å². The molecule has 1 saturated heterocycles. The Morgan fingerprint density at radius 3 is 2.33 bits per heavy atom. The minimum absolute atomic E-state index is 0.338. The highest BCUT2D eigenvalue weighted by Crippen LogP contribution is 2.47. The van der Waals surface area contributed by atoms with Gasteiger partial charge in [0, 0.05) is 31.7 Å². The van der Waals surface area contributed by atoms with Crippen LogP contribution in [0.25, 0.3) is 0 Å². The maximum Gasteiger partial charge on any atom is 0.0277 e. The Balaban J connectivity index is 1.90. The molecule has 0 aromatic carbocycles. The van der Waals surface area contributed by atoms with E-state index in [9.17, 15) is 0 Å². The summed E-state index contributed by atoms with van der Waals surface area (Å²) in [6, 6.07) is 0. The average Bonchev–Trinajstić information content (AvgIpc) is 2.92. The van der Waals surface area contributed by atoms with E-state index < -0.39 is 0 Å². The van der Waals surface area contributed by atoms with Gasteiger partial charge >= 0.3 is 0 Å². The number of nitrogens with zero attached hydrogens (tertiary/aromatic N) is 2. The zero-order chi connectivity index (χ0) is 11.1. The summed E-state index contributed by atoms with van der Waals surface area (Å²) in [4.78, 5) is 5.12. The molecular weight excluding hydrogens is 204 g/mol. The van der Waals surface area contributed by atoms with Gasteiger partial charge in [-0.3, -0.25) is 9.80 Å². The summed E-state index contributed by atoms with van der Waals surface area (Å²) in [6.45, 7) is 9.61. The first kappa shape index (κ1) is 11.7. The number of hydrogen-bond acceptors (Lipinski definition) is 3. The van der Waals surface area contributed by atoms with Crippen LogP contribution in [0.15, 0.2) is 0 Å². The van der Waals surface area contributed by atoms with Gasteiger partial charge in [-0.2, -0.15) is 12.6 Å². The Hall–Kier alpha value is 0.270. The van der Waals surface area contributed by atoms with Gasteiger partial charge in [-0.15, -0.1) is 0 Å². The summed E-state index contributed by atoms with van der Waals surface area (Å²) in [5.41, 5.74) is 0.917. The third-order valence-corrected chi connectivity index (χ3v) is 4.92. The molecule has 88 valence electrons. The van der Waals surface area contributed by atoms with Crippen LogP contribution in [0.1, 0.15) is 26.7 Å². The second kappa shape index (κ2) is 3.94. The molecule has 0 N–H and O–H groups in total. The third kappa shape index (κ3) is 2.51. The van der Waals surface area contributed by atoms with E-state index in [0.717, 1.165) is 5.75 Å². The summed E-state index contributed by atoms with van der Waals surface area (Å²) in [6.07, 6.45) is 2.78. The monoisotopic (exact) mass is 228 g/mol. The van der Waals surface area contributed by atoms with Gasteiger partial charge < -0.3 is 0 Å². The van der Waals surface area contributed by atoms with Crippen LogP contribution in [0.3, 0.4) is 0 Å². The van der Waals surface area contributed by atoms with Crippen LogP contribution in [0.5, 0.6) is 0 Å². The molecule has 0 atom stereocenters. The molecule has 2 fully saturated rings. The molecule has 1 aliphatic heterocycles. The lowest BCUT2D eigenvalue weighted by atomic mass is 9.98. The van der Waals surface area contributed by atoms with E-state index >= 15 is 0 Å². The second-order valence-corrected chi connectivity index (χ2v) is 6.42. The van der Waals surface area contributed by atoms with Crippen molar-refractivity contribution in [1.29, 1.82) is 0 Å². The quantitative estimate of drug-likeness (QED) is 0.735. The van der Waals surface area contributed by atoms with Crippen molar-refractivity contribution in [1.82, 2.24) is 9.80 Å². The highest BCUT2D eigenvalue weighted by Gasteiger charge is 2.44. The smallest absolute Gasteiger partial charge is 0.0277 e. The Morgan fingerprint density at radius 1 is 1.20 bits per heavy atom. The molecule has 0 amide bonds. The van der Waals surface area contributed by atoms with Gasteiger partial charge in [-0.1, -0.05) is 0 Å². The zero-order valence-electron chi connectivity index (χ0n) is 10.3. The molecule has 0 bridgehead atoms. The molecule has 2 nitrogen and oxygen atoms in total. The molecule has 1 aliphatic carbocycles. The normalized spacial score (nSPS) is 30.4. The molecule has 0 radical (unpaired) electrons. The van der Waals surface area contributed by atoms with E-state index in [1.54, 1.807) is 0 Å². The van der Waals surface area contributed by atoms with E-state index in [1.807, 2.05) is 0 Å². The van der Waals surface area contributed by atoms with E-state index in [0.29, 0.717) is 11.0 Å². The fourth-order valence-electron chi connectivity index (χ4n) is 2.49. The molecule has 0 aromatic heterocycles. The molecule has 2 aliphatic rings. The van der Waals surface area contributed by atoms with E-state index in [1.165, 1.54) is 39.0 Å². The highest BCUT2D eigenvalue weighted by atomic mass is 32.1. The van der Waals surface area contributed by atoms with Crippen LogP contribution < -0.4 is 0 Å². The number of hydrogen-bond donors (Lipinski definition) is 1. The lowest BCUT2D eigenvalue weighted by Crippen LogP contribution is -2.58. The summed E-state index contributed by atoms with van der Waals surface area (Å²) in [5, 5.41) is 0. The van der Waals surface area contributed by atoms with Crippen molar-refractivity contribution in [2.75, 3.05) is 39.0 Å². The van der Waals surface area contributed by atoms with Crippen LogP contribution in [0.2, 0.25) is 0 Å². The SMILES string of the molecule is CN1CCN(CC2(CS)CC2)CC1(C)C. The first-order valence-electron chi connectivity index (χ1n) is 6.02. The minimum Gasteiger partial charge on any atom is -0.300 e. The highest BCUT2D eigenvalue weighted by molar-refractivity contribution is 7.80. The Kier molecular flexibility index (Phi) is 3.08.